The van der Waals surface area contributed by atoms with Gasteiger partial charge in [-0.25, -0.2) is 4.99 Å². The Morgan fingerprint density at radius 1 is 1.10 bits per heavy atom. The normalized spacial score (nSPS) is 21.1. The Morgan fingerprint density at radius 2 is 1.67 bits per heavy atom. The average Bonchev–Trinajstić information content (AvgIpc) is 2.62. The summed E-state index contributed by atoms with van der Waals surface area (Å²) in [6.45, 7) is 11.1. The summed E-state index contributed by atoms with van der Waals surface area (Å²) < 4.78 is 2.49. The van der Waals surface area contributed by atoms with Gasteiger partial charge in [-0.15, -0.1) is 0 Å². The first-order chi connectivity index (χ1) is 9.69. The summed E-state index contributed by atoms with van der Waals surface area (Å²) >= 11 is 6.32. The summed E-state index contributed by atoms with van der Waals surface area (Å²) in [7, 11) is 4.11. The lowest BCUT2D eigenvalue weighted by molar-refractivity contribution is 0.326. The van der Waals surface area contributed by atoms with E-state index in [-0.39, 0.29) is 0 Å². The van der Waals surface area contributed by atoms with Crippen LogP contribution in [0.5, 0.6) is 0 Å². The first-order valence-electron chi connectivity index (χ1n) is 7.46. The van der Waals surface area contributed by atoms with Crippen molar-refractivity contribution in [3.63, 3.8) is 0 Å². The zero-order chi connectivity index (χ0) is 15.9. The van der Waals surface area contributed by atoms with Crippen molar-refractivity contribution in [2.45, 2.75) is 46.7 Å². The number of hydrogen-bond acceptors (Lipinski definition) is 3. The van der Waals surface area contributed by atoms with E-state index in [1.807, 2.05) is 0 Å². The monoisotopic (exact) mass is 323 g/mol. The second-order valence-corrected chi connectivity index (χ2v) is 10.5. The van der Waals surface area contributed by atoms with Crippen molar-refractivity contribution in [1.82, 2.24) is 9.57 Å². The Bertz CT molecular complexity index is 612. The molecular formula is C16H26N3PS. The molecule has 1 unspecified atom stereocenters. The van der Waals surface area contributed by atoms with E-state index < -0.39 is 6.19 Å². The maximum atomic E-state index is 6.32. The van der Waals surface area contributed by atoms with Crippen molar-refractivity contribution in [3.8, 4) is 0 Å². The van der Waals surface area contributed by atoms with Crippen LogP contribution in [-0.4, -0.2) is 41.3 Å². The fraction of sp³-hybridized carbons (Fsp3) is 0.562. The predicted octanol–water partition coefficient (Wildman–Crippen LogP) is 3.70. The maximum Gasteiger partial charge on any atom is 0.156 e. The van der Waals surface area contributed by atoms with Gasteiger partial charge in [-0.1, -0.05) is 23.4 Å². The number of nitrogens with zero attached hydrogens (tertiary/aromatic N) is 3. The van der Waals surface area contributed by atoms with Crippen LogP contribution < -0.4 is 5.30 Å². The highest BCUT2D eigenvalue weighted by atomic mass is 32.4. The van der Waals surface area contributed by atoms with Crippen LogP contribution in [0.4, 0.5) is 5.69 Å². The van der Waals surface area contributed by atoms with Crippen molar-refractivity contribution in [2.75, 3.05) is 14.1 Å². The minimum atomic E-state index is -2.03. The molecule has 1 aliphatic heterocycles. The fourth-order valence-electron chi connectivity index (χ4n) is 3.10. The average molecular weight is 323 g/mol. The summed E-state index contributed by atoms with van der Waals surface area (Å²) in [5.41, 5.74) is 3.37. The molecule has 1 atom stereocenters. The van der Waals surface area contributed by atoms with Gasteiger partial charge in [0.1, 0.15) is 6.19 Å². The molecule has 2 rings (SSSR count). The SMILES string of the molecule is Cc1ccc2c(c1)P(=S)(N(C(C)C)C(C)C)C(N(C)C)=N2. The van der Waals surface area contributed by atoms with E-state index in [0.717, 1.165) is 11.3 Å². The van der Waals surface area contributed by atoms with Crippen molar-refractivity contribution < 1.29 is 0 Å². The number of rotatable bonds is 3. The van der Waals surface area contributed by atoms with Gasteiger partial charge >= 0.3 is 0 Å². The second kappa shape index (κ2) is 5.83. The van der Waals surface area contributed by atoms with Gasteiger partial charge in [-0.2, -0.15) is 0 Å². The summed E-state index contributed by atoms with van der Waals surface area (Å²) in [5.74, 6) is 0. The van der Waals surface area contributed by atoms with Crippen molar-refractivity contribution in [1.29, 1.82) is 0 Å². The molecular weight excluding hydrogens is 297 g/mol. The van der Waals surface area contributed by atoms with Gasteiger partial charge in [0, 0.05) is 31.5 Å². The minimum absolute atomic E-state index is 0.396. The Morgan fingerprint density at radius 3 is 2.14 bits per heavy atom. The molecule has 0 aromatic heterocycles. The standard InChI is InChI=1S/C16H26N3PS/c1-11(2)19(12(3)4)20(21)15-10-13(5)8-9-14(15)17-16(20)18(6)7/h8-12H,1-7H3. The molecule has 116 valence electrons. The topological polar surface area (TPSA) is 18.8 Å². The quantitative estimate of drug-likeness (QED) is 0.791. The smallest absolute Gasteiger partial charge is 0.156 e. The van der Waals surface area contributed by atoms with E-state index in [4.69, 9.17) is 16.8 Å². The van der Waals surface area contributed by atoms with Crippen LogP contribution in [0.2, 0.25) is 0 Å². The summed E-state index contributed by atoms with van der Waals surface area (Å²) in [6.07, 6.45) is -2.03. The van der Waals surface area contributed by atoms with Crippen molar-refractivity contribution in [2.24, 2.45) is 4.99 Å². The van der Waals surface area contributed by atoms with Gasteiger partial charge < -0.3 is 4.90 Å². The molecule has 1 aliphatic rings. The number of fused-ring (bicyclic) bond motifs is 1. The molecule has 0 saturated carbocycles. The lowest BCUT2D eigenvalue weighted by Crippen LogP contribution is -2.41. The van der Waals surface area contributed by atoms with Gasteiger partial charge in [-0.05, 0) is 46.8 Å². The molecule has 0 saturated heterocycles. The lowest BCUT2D eigenvalue weighted by atomic mass is 10.2. The molecule has 0 N–H and O–H groups in total. The molecule has 0 spiro atoms. The number of aliphatic imine (C=N–C) groups is 1. The van der Waals surface area contributed by atoms with Gasteiger partial charge in [0.2, 0.25) is 0 Å². The van der Waals surface area contributed by atoms with E-state index in [9.17, 15) is 0 Å². The molecule has 21 heavy (non-hydrogen) atoms. The van der Waals surface area contributed by atoms with Gasteiger partial charge in [0.25, 0.3) is 0 Å². The van der Waals surface area contributed by atoms with Crippen molar-refractivity contribution in [3.05, 3.63) is 23.8 Å². The largest absolute Gasteiger partial charge is 0.361 e. The number of amidine groups is 1. The third-order valence-corrected chi connectivity index (χ3v) is 9.01. The number of hydrogen-bond donors (Lipinski definition) is 0. The molecule has 0 bridgehead atoms. The van der Waals surface area contributed by atoms with Crippen LogP contribution in [-0.2, 0) is 11.8 Å². The molecule has 1 heterocycles. The van der Waals surface area contributed by atoms with Crippen LogP contribution >= 0.6 is 6.19 Å². The summed E-state index contributed by atoms with van der Waals surface area (Å²) in [5, 5.41) is 1.25. The maximum absolute atomic E-state index is 6.32. The molecule has 5 heteroatoms. The molecule has 1 aromatic rings. The minimum Gasteiger partial charge on any atom is -0.361 e. The Kier molecular flexibility index (Phi) is 4.63. The molecule has 3 nitrogen and oxygen atoms in total. The molecule has 0 radical (unpaired) electrons. The van der Waals surface area contributed by atoms with Crippen LogP contribution in [0, 0.1) is 6.92 Å². The fourth-order valence-corrected chi connectivity index (χ4v) is 8.85. The molecule has 0 fully saturated rings. The Balaban J connectivity index is 2.71. The van der Waals surface area contributed by atoms with E-state index in [1.165, 1.54) is 10.9 Å². The molecule has 0 aliphatic carbocycles. The van der Waals surface area contributed by atoms with Gasteiger partial charge in [0.05, 0.1) is 5.69 Å². The third kappa shape index (κ3) is 2.69. The molecule has 0 amide bonds. The van der Waals surface area contributed by atoms with E-state index in [2.05, 4.69) is 76.5 Å². The van der Waals surface area contributed by atoms with Gasteiger partial charge in [0.15, 0.2) is 5.58 Å². The highest BCUT2D eigenvalue weighted by Gasteiger charge is 2.42. The Labute approximate surface area is 134 Å². The number of aryl methyl sites for hydroxylation is 1. The van der Waals surface area contributed by atoms with Crippen LogP contribution in [0.3, 0.4) is 0 Å². The zero-order valence-corrected chi connectivity index (χ0v) is 15.8. The van der Waals surface area contributed by atoms with E-state index in [0.29, 0.717) is 12.1 Å². The third-order valence-electron chi connectivity index (χ3n) is 3.73. The second-order valence-electron chi connectivity index (χ2n) is 6.44. The lowest BCUT2D eigenvalue weighted by Gasteiger charge is -2.41. The Hall–Kier alpha value is -0.700. The highest BCUT2D eigenvalue weighted by molar-refractivity contribution is 8.25. The first kappa shape index (κ1) is 16.7. The number of benzene rings is 1. The predicted molar refractivity (Wildman–Crippen MR) is 98.0 cm³/mol. The van der Waals surface area contributed by atoms with E-state index >= 15 is 0 Å². The van der Waals surface area contributed by atoms with Gasteiger partial charge in [-0.3, -0.25) is 4.67 Å². The molecule has 1 aromatic carbocycles. The summed E-state index contributed by atoms with van der Waals surface area (Å²) in [6, 6.07) is 7.27. The van der Waals surface area contributed by atoms with Crippen molar-refractivity contribution >= 4 is 34.6 Å². The summed E-state index contributed by atoms with van der Waals surface area (Å²) in [4.78, 5) is 6.98. The van der Waals surface area contributed by atoms with Crippen LogP contribution in [0.25, 0.3) is 0 Å². The highest BCUT2D eigenvalue weighted by Crippen LogP contribution is 2.59. The van der Waals surface area contributed by atoms with E-state index in [1.54, 1.807) is 0 Å². The van der Waals surface area contributed by atoms with Crippen LogP contribution in [0.1, 0.15) is 33.3 Å². The zero-order valence-electron chi connectivity index (χ0n) is 14.1. The first-order valence-corrected chi connectivity index (χ1v) is 10.2. The van der Waals surface area contributed by atoms with Crippen LogP contribution in [0.15, 0.2) is 23.2 Å².